The van der Waals surface area contributed by atoms with Crippen LogP contribution >= 0.6 is 11.6 Å². The lowest BCUT2D eigenvalue weighted by atomic mass is 9.91. The van der Waals surface area contributed by atoms with Crippen molar-refractivity contribution >= 4 is 23.8 Å². The Morgan fingerprint density at radius 3 is 3.04 bits per heavy atom. The third-order valence-corrected chi connectivity index (χ3v) is 4.51. The summed E-state index contributed by atoms with van der Waals surface area (Å²) in [5.41, 5.74) is 3.24. The fourth-order valence-electron chi connectivity index (χ4n) is 2.92. The molecule has 2 aromatic rings. The Bertz CT molecular complexity index is 809. The van der Waals surface area contributed by atoms with Crippen LogP contribution in [0.4, 0.5) is 4.39 Å². The average Bonchev–Trinajstić information content (AvgIpc) is 3.07. The Morgan fingerprint density at radius 1 is 1.42 bits per heavy atom. The Labute approximate surface area is 155 Å². The van der Waals surface area contributed by atoms with Crippen LogP contribution in [0.15, 0.2) is 39.9 Å². The largest absolute Gasteiger partial charge is 0.481 e. The highest BCUT2D eigenvalue weighted by molar-refractivity contribution is 6.30. The molecule has 0 radical (unpaired) electrons. The van der Waals surface area contributed by atoms with Gasteiger partial charge in [-0.3, -0.25) is 4.79 Å². The second-order valence-electron chi connectivity index (χ2n) is 6.24. The molecule has 1 aromatic carbocycles. The number of rotatable bonds is 6. The van der Waals surface area contributed by atoms with Gasteiger partial charge in [0.1, 0.15) is 17.3 Å². The quantitative estimate of drug-likeness (QED) is 0.530. The van der Waals surface area contributed by atoms with E-state index in [0.717, 1.165) is 6.54 Å². The van der Waals surface area contributed by atoms with E-state index in [4.69, 9.17) is 21.1 Å². The Kier molecular flexibility index (Phi) is 5.90. The van der Waals surface area contributed by atoms with E-state index in [0.29, 0.717) is 41.6 Å². The summed E-state index contributed by atoms with van der Waals surface area (Å²) in [6, 6.07) is 7.75. The number of carbonyl (C=O) groups is 1. The summed E-state index contributed by atoms with van der Waals surface area (Å²) in [4.78, 5) is 11.0. The maximum absolute atomic E-state index is 13.9. The summed E-state index contributed by atoms with van der Waals surface area (Å²) in [6.45, 7) is 1.82. The molecule has 2 atom stereocenters. The molecule has 1 aliphatic heterocycles. The van der Waals surface area contributed by atoms with Crippen LogP contribution in [0.25, 0.3) is 11.3 Å². The molecule has 3 rings (SSSR count). The molecule has 8 heteroatoms. The number of halogens is 2. The van der Waals surface area contributed by atoms with Crippen molar-refractivity contribution in [3.05, 3.63) is 46.9 Å². The highest BCUT2D eigenvalue weighted by Gasteiger charge is 2.26. The monoisotopic (exact) mass is 379 g/mol. The summed E-state index contributed by atoms with van der Waals surface area (Å²) in [6.07, 6.45) is 2.12. The van der Waals surface area contributed by atoms with E-state index >= 15 is 0 Å². The van der Waals surface area contributed by atoms with Gasteiger partial charge in [-0.15, -0.1) is 0 Å². The third kappa shape index (κ3) is 4.62. The van der Waals surface area contributed by atoms with Crippen LogP contribution in [0.1, 0.15) is 12.2 Å². The maximum Gasteiger partial charge on any atom is 0.307 e. The van der Waals surface area contributed by atoms with Gasteiger partial charge >= 0.3 is 5.97 Å². The minimum atomic E-state index is -0.775. The maximum atomic E-state index is 13.9. The normalized spacial score (nSPS) is 20.4. The van der Waals surface area contributed by atoms with E-state index in [9.17, 15) is 9.18 Å². The standard InChI is InChI=1S/C18H19ClFN3O3/c19-13-1-3-15(16(20)6-13)17-4-2-14(26-17)10-23-22-8-11-5-12(18(24)25)9-21-7-11/h1-4,6,10-12,21-22H,5,7-9H2,(H,24,25)/b23-10+/t11-,12+/m0/s1. The third-order valence-electron chi connectivity index (χ3n) is 4.28. The van der Waals surface area contributed by atoms with Crippen molar-refractivity contribution in [1.29, 1.82) is 0 Å². The van der Waals surface area contributed by atoms with Crippen molar-refractivity contribution in [2.24, 2.45) is 16.9 Å². The van der Waals surface area contributed by atoms with Gasteiger partial charge < -0.3 is 20.3 Å². The number of piperidine rings is 1. The zero-order chi connectivity index (χ0) is 18.5. The summed E-state index contributed by atoms with van der Waals surface area (Å²) in [7, 11) is 0. The zero-order valence-electron chi connectivity index (χ0n) is 13.9. The van der Waals surface area contributed by atoms with Crippen molar-refractivity contribution < 1.29 is 18.7 Å². The first-order valence-electron chi connectivity index (χ1n) is 8.27. The van der Waals surface area contributed by atoms with E-state index in [-0.39, 0.29) is 11.8 Å². The smallest absolute Gasteiger partial charge is 0.307 e. The van der Waals surface area contributed by atoms with Gasteiger partial charge in [0.2, 0.25) is 0 Å². The second-order valence-corrected chi connectivity index (χ2v) is 6.68. The summed E-state index contributed by atoms with van der Waals surface area (Å²) in [5.74, 6) is -0.526. The lowest BCUT2D eigenvalue weighted by molar-refractivity contribution is -0.142. The van der Waals surface area contributed by atoms with Crippen molar-refractivity contribution in [1.82, 2.24) is 10.7 Å². The van der Waals surface area contributed by atoms with Crippen molar-refractivity contribution in [3.63, 3.8) is 0 Å². The second kappa shape index (κ2) is 8.33. The number of carboxylic acids is 1. The molecule has 1 aromatic heterocycles. The molecule has 0 spiro atoms. The van der Waals surface area contributed by atoms with E-state index < -0.39 is 11.8 Å². The van der Waals surface area contributed by atoms with Crippen LogP contribution in [-0.2, 0) is 4.79 Å². The number of furan rings is 1. The molecular formula is C18H19ClFN3O3. The molecule has 138 valence electrons. The number of hydrazone groups is 1. The molecule has 1 saturated heterocycles. The average molecular weight is 380 g/mol. The van der Waals surface area contributed by atoms with Gasteiger partial charge in [-0.05, 0) is 49.2 Å². The number of carboxylic acid groups (broad SMARTS) is 1. The van der Waals surface area contributed by atoms with Crippen LogP contribution in [0.3, 0.4) is 0 Å². The van der Waals surface area contributed by atoms with Gasteiger partial charge in [-0.25, -0.2) is 4.39 Å². The van der Waals surface area contributed by atoms with E-state index in [2.05, 4.69) is 15.8 Å². The minimum absolute atomic E-state index is 0.192. The molecule has 26 heavy (non-hydrogen) atoms. The van der Waals surface area contributed by atoms with Crippen LogP contribution < -0.4 is 10.7 Å². The van der Waals surface area contributed by atoms with Crippen LogP contribution in [0, 0.1) is 17.7 Å². The molecule has 0 unspecified atom stereocenters. The Morgan fingerprint density at radius 2 is 2.27 bits per heavy atom. The molecule has 0 bridgehead atoms. The number of hydrogen-bond donors (Lipinski definition) is 3. The summed E-state index contributed by atoms with van der Waals surface area (Å²) in [5, 5.41) is 16.6. The Balaban J connectivity index is 1.53. The number of nitrogens with zero attached hydrogens (tertiary/aromatic N) is 1. The lowest BCUT2D eigenvalue weighted by Crippen LogP contribution is -2.42. The highest BCUT2D eigenvalue weighted by Crippen LogP contribution is 2.26. The predicted molar refractivity (Wildman–Crippen MR) is 96.8 cm³/mol. The molecule has 0 aliphatic carbocycles. The number of hydrogen-bond acceptors (Lipinski definition) is 5. The van der Waals surface area contributed by atoms with E-state index in [1.54, 1.807) is 24.3 Å². The molecular weight excluding hydrogens is 361 g/mol. The van der Waals surface area contributed by atoms with Crippen LogP contribution in [0.5, 0.6) is 0 Å². The Hall–Kier alpha value is -2.38. The molecule has 0 amide bonds. The molecule has 1 fully saturated rings. The molecule has 2 heterocycles. The van der Waals surface area contributed by atoms with Gasteiger partial charge in [0.05, 0.1) is 17.7 Å². The van der Waals surface area contributed by atoms with Gasteiger partial charge in [0.25, 0.3) is 0 Å². The first-order valence-corrected chi connectivity index (χ1v) is 8.65. The fraction of sp³-hybridized carbons (Fsp3) is 0.333. The SMILES string of the molecule is O=C(O)[C@H]1CNC[C@@H](CN/N=C/c2ccc(-c3ccc(Cl)cc3F)o2)C1. The fourth-order valence-corrected chi connectivity index (χ4v) is 3.08. The van der Waals surface area contributed by atoms with E-state index in [1.165, 1.54) is 12.3 Å². The van der Waals surface area contributed by atoms with Crippen LogP contribution in [0.2, 0.25) is 5.02 Å². The number of benzene rings is 1. The minimum Gasteiger partial charge on any atom is -0.481 e. The first kappa shape index (κ1) is 18.4. The van der Waals surface area contributed by atoms with Crippen molar-refractivity contribution in [2.75, 3.05) is 19.6 Å². The lowest BCUT2D eigenvalue weighted by Gasteiger charge is -2.27. The summed E-state index contributed by atoms with van der Waals surface area (Å²) >= 11 is 5.75. The highest BCUT2D eigenvalue weighted by atomic mass is 35.5. The molecule has 1 aliphatic rings. The molecule has 6 nitrogen and oxygen atoms in total. The number of aliphatic carboxylic acids is 1. The first-order chi connectivity index (χ1) is 12.5. The number of nitrogens with one attached hydrogen (secondary N) is 2. The van der Waals surface area contributed by atoms with Gasteiger partial charge in [-0.1, -0.05) is 11.6 Å². The van der Waals surface area contributed by atoms with Gasteiger partial charge in [0.15, 0.2) is 0 Å². The topological polar surface area (TPSA) is 86.9 Å². The molecule has 0 saturated carbocycles. The molecule has 3 N–H and O–H groups in total. The van der Waals surface area contributed by atoms with Crippen LogP contribution in [-0.4, -0.2) is 36.9 Å². The van der Waals surface area contributed by atoms with Gasteiger partial charge in [0, 0.05) is 18.1 Å². The van der Waals surface area contributed by atoms with Crippen molar-refractivity contribution in [3.8, 4) is 11.3 Å². The predicted octanol–water partition coefficient (Wildman–Crippen LogP) is 2.97. The van der Waals surface area contributed by atoms with Crippen molar-refractivity contribution in [2.45, 2.75) is 6.42 Å². The summed E-state index contributed by atoms with van der Waals surface area (Å²) < 4.78 is 19.5. The van der Waals surface area contributed by atoms with Gasteiger partial charge in [-0.2, -0.15) is 5.10 Å². The zero-order valence-corrected chi connectivity index (χ0v) is 14.7. The van der Waals surface area contributed by atoms with E-state index in [1.807, 2.05) is 0 Å².